The molecule has 0 fully saturated rings. The molecule has 0 heterocycles. The zero-order chi connectivity index (χ0) is 18.1. The van der Waals surface area contributed by atoms with Crippen LogP contribution in [-0.4, -0.2) is 30.3 Å². The topological polar surface area (TPSA) is 56.7 Å². The van der Waals surface area contributed by atoms with Gasteiger partial charge < -0.3 is 15.7 Å². The number of rotatable bonds is 7. The molecule has 0 bridgehead atoms. The number of benzene rings is 2. The van der Waals surface area contributed by atoms with Crippen LogP contribution in [0, 0.1) is 11.6 Å². The van der Waals surface area contributed by atoms with Crippen LogP contribution in [0.1, 0.15) is 18.1 Å². The molecule has 0 saturated carbocycles. The van der Waals surface area contributed by atoms with Crippen LogP contribution in [0.5, 0.6) is 0 Å². The molecule has 1 atom stereocenters. The second-order valence-corrected chi connectivity index (χ2v) is 5.66. The van der Waals surface area contributed by atoms with Crippen molar-refractivity contribution >= 4 is 5.96 Å². The van der Waals surface area contributed by atoms with Crippen LogP contribution < -0.4 is 10.6 Å². The van der Waals surface area contributed by atoms with Gasteiger partial charge in [0.25, 0.3) is 0 Å². The zero-order valence-corrected chi connectivity index (χ0v) is 14.2. The molecule has 0 saturated heterocycles. The Kier molecular flexibility index (Phi) is 7.35. The molecular weight excluding hydrogens is 324 g/mol. The summed E-state index contributed by atoms with van der Waals surface area (Å²) in [6.45, 7) is 2.83. The SMILES string of the molecule is CCNC(=NCc1cc(F)ccc1F)NCC(O)Cc1ccccc1. The summed E-state index contributed by atoms with van der Waals surface area (Å²) in [6.07, 6.45) is -0.0663. The second kappa shape index (κ2) is 9.74. The molecule has 0 aromatic heterocycles. The number of halogens is 2. The van der Waals surface area contributed by atoms with Crippen molar-refractivity contribution in [3.8, 4) is 0 Å². The summed E-state index contributed by atoms with van der Waals surface area (Å²) in [6, 6.07) is 13.0. The lowest BCUT2D eigenvalue weighted by Crippen LogP contribution is -2.41. The number of nitrogens with one attached hydrogen (secondary N) is 2. The second-order valence-electron chi connectivity index (χ2n) is 5.66. The first kappa shape index (κ1) is 18.9. The van der Waals surface area contributed by atoms with E-state index in [1.165, 1.54) is 0 Å². The third-order valence-corrected chi connectivity index (χ3v) is 3.58. The Hall–Kier alpha value is -2.47. The summed E-state index contributed by atoms with van der Waals surface area (Å²) in [5.41, 5.74) is 1.22. The molecule has 0 amide bonds. The molecule has 134 valence electrons. The summed E-state index contributed by atoms with van der Waals surface area (Å²) < 4.78 is 26.8. The Morgan fingerprint density at radius 2 is 1.88 bits per heavy atom. The van der Waals surface area contributed by atoms with Gasteiger partial charge in [0, 0.05) is 25.1 Å². The summed E-state index contributed by atoms with van der Waals surface area (Å²) in [4.78, 5) is 4.24. The minimum absolute atomic E-state index is 0.00765. The van der Waals surface area contributed by atoms with Crippen molar-refractivity contribution in [1.29, 1.82) is 0 Å². The van der Waals surface area contributed by atoms with Gasteiger partial charge in [0.2, 0.25) is 0 Å². The number of aliphatic hydroxyl groups excluding tert-OH is 1. The number of guanidine groups is 1. The molecule has 2 rings (SSSR count). The third-order valence-electron chi connectivity index (χ3n) is 3.58. The minimum Gasteiger partial charge on any atom is -0.391 e. The lowest BCUT2D eigenvalue weighted by Gasteiger charge is -2.15. The molecule has 2 aromatic carbocycles. The number of nitrogens with zero attached hydrogens (tertiary/aromatic N) is 1. The molecule has 3 N–H and O–H groups in total. The molecular formula is C19H23F2N3O. The highest BCUT2D eigenvalue weighted by atomic mass is 19.1. The van der Waals surface area contributed by atoms with E-state index >= 15 is 0 Å². The maximum absolute atomic E-state index is 13.6. The van der Waals surface area contributed by atoms with E-state index in [9.17, 15) is 13.9 Å². The Morgan fingerprint density at radius 1 is 1.12 bits per heavy atom. The Bertz CT molecular complexity index is 692. The van der Waals surface area contributed by atoms with Gasteiger partial charge in [0.05, 0.1) is 12.6 Å². The van der Waals surface area contributed by atoms with Crippen molar-refractivity contribution < 1.29 is 13.9 Å². The lowest BCUT2D eigenvalue weighted by molar-refractivity contribution is 0.177. The predicted octanol–water partition coefficient (Wildman–Crippen LogP) is 2.62. The van der Waals surface area contributed by atoms with Crippen LogP contribution in [0.25, 0.3) is 0 Å². The maximum Gasteiger partial charge on any atom is 0.191 e. The first-order valence-electron chi connectivity index (χ1n) is 8.26. The number of aliphatic hydroxyl groups is 1. The maximum atomic E-state index is 13.6. The van der Waals surface area contributed by atoms with Crippen molar-refractivity contribution in [2.75, 3.05) is 13.1 Å². The molecule has 2 aromatic rings. The minimum atomic E-state index is -0.586. The fraction of sp³-hybridized carbons (Fsp3) is 0.316. The molecule has 6 heteroatoms. The molecule has 1 unspecified atom stereocenters. The molecule has 0 aliphatic carbocycles. The van der Waals surface area contributed by atoms with E-state index in [1.807, 2.05) is 37.3 Å². The van der Waals surface area contributed by atoms with Gasteiger partial charge in [-0.05, 0) is 30.7 Å². The van der Waals surface area contributed by atoms with E-state index < -0.39 is 17.7 Å². The third kappa shape index (κ3) is 6.51. The fourth-order valence-electron chi connectivity index (χ4n) is 2.34. The fourth-order valence-corrected chi connectivity index (χ4v) is 2.34. The van der Waals surface area contributed by atoms with Crippen LogP contribution in [-0.2, 0) is 13.0 Å². The van der Waals surface area contributed by atoms with Gasteiger partial charge in [-0.1, -0.05) is 30.3 Å². The van der Waals surface area contributed by atoms with Crippen LogP contribution >= 0.6 is 0 Å². The van der Waals surface area contributed by atoms with E-state index in [0.717, 1.165) is 23.8 Å². The summed E-state index contributed by atoms with van der Waals surface area (Å²) in [5.74, 6) is -0.550. The average molecular weight is 347 g/mol. The predicted molar refractivity (Wildman–Crippen MR) is 95.3 cm³/mol. The molecule has 25 heavy (non-hydrogen) atoms. The van der Waals surface area contributed by atoms with Gasteiger partial charge in [0.1, 0.15) is 11.6 Å². The highest BCUT2D eigenvalue weighted by Crippen LogP contribution is 2.10. The van der Waals surface area contributed by atoms with E-state index in [4.69, 9.17) is 0 Å². The number of aliphatic imine (C=N–C) groups is 1. The van der Waals surface area contributed by atoms with Gasteiger partial charge in [-0.2, -0.15) is 0 Å². The molecule has 0 spiro atoms. The van der Waals surface area contributed by atoms with Gasteiger partial charge in [-0.15, -0.1) is 0 Å². The normalized spacial score (nSPS) is 12.7. The van der Waals surface area contributed by atoms with Crippen LogP contribution in [0.15, 0.2) is 53.5 Å². The first-order chi connectivity index (χ1) is 12.1. The average Bonchev–Trinajstić information content (AvgIpc) is 2.61. The van der Waals surface area contributed by atoms with E-state index in [2.05, 4.69) is 15.6 Å². The lowest BCUT2D eigenvalue weighted by atomic mass is 10.1. The summed E-state index contributed by atoms with van der Waals surface area (Å²) >= 11 is 0. The molecule has 0 aliphatic heterocycles. The van der Waals surface area contributed by atoms with E-state index in [1.54, 1.807) is 0 Å². The highest BCUT2D eigenvalue weighted by Gasteiger charge is 2.08. The van der Waals surface area contributed by atoms with Gasteiger partial charge in [0.15, 0.2) is 5.96 Å². The Balaban J connectivity index is 1.92. The van der Waals surface area contributed by atoms with Crippen molar-refractivity contribution in [1.82, 2.24) is 10.6 Å². The van der Waals surface area contributed by atoms with Crippen molar-refractivity contribution in [2.24, 2.45) is 4.99 Å². The summed E-state index contributed by atoms with van der Waals surface area (Å²) in [7, 11) is 0. The number of hydrogen-bond acceptors (Lipinski definition) is 2. The van der Waals surface area contributed by atoms with Crippen molar-refractivity contribution in [3.63, 3.8) is 0 Å². The highest BCUT2D eigenvalue weighted by molar-refractivity contribution is 5.79. The van der Waals surface area contributed by atoms with Crippen molar-refractivity contribution in [2.45, 2.75) is 26.0 Å². The summed E-state index contributed by atoms with van der Waals surface area (Å²) in [5, 5.41) is 16.2. The quantitative estimate of drug-likeness (QED) is 0.533. The largest absolute Gasteiger partial charge is 0.391 e. The van der Waals surface area contributed by atoms with E-state index in [-0.39, 0.29) is 12.1 Å². The molecule has 4 nitrogen and oxygen atoms in total. The van der Waals surface area contributed by atoms with E-state index in [0.29, 0.717) is 25.5 Å². The first-order valence-corrected chi connectivity index (χ1v) is 8.26. The monoisotopic (exact) mass is 347 g/mol. The van der Waals surface area contributed by atoms with Crippen molar-refractivity contribution in [3.05, 3.63) is 71.3 Å². The standard InChI is InChI=1S/C19H23F2N3O/c1-2-22-19(23-12-15-11-16(20)8-9-18(15)21)24-13-17(25)10-14-6-4-3-5-7-14/h3-9,11,17,25H,2,10,12-13H2,1H3,(H2,22,23,24). The zero-order valence-electron chi connectivity index (χ0n) is 14.2. The van der Waals surface area contributed by atoms with Gasteiger partial charge in [-0.25, -0.2) is 13.8 Å². The van der Waals surface area contributed by atoms with Crippen LogP contribution in [0.3, 0.4) is 0 Å². The molecule has 0 aliphatic rings. The van der Waals surface area contributed by atoms with Crippen LogP contribution in [0.4, 0.5) is 8.78 Å². The number of hydrogen-bond donors (Lipinski definition) is 3. The van der Waals surface area contributed by atoms with Gasteiger partial charge >= 0.3 is 0 Å². The Labute approximate surface area is 146 Å². The smallest absolute Gasteiger partial charge is 0.191 e. The van der Waals surface area contributed by atoms with Crippen LogP contribution in [0.2, 0.25) is 0 Å². The Morgan fingerprint density at radius 3 is 2.60 bits per heavy atom. The van der Waals surface area contributed by atoms with Gasteiger partial charge in [-0.3, -0.25) is 0 Å². The molecule has 0 radical (unpaired) electrons.